The van der Waals surface area contributed by atoms with Crippen LogP contribution in [0.25, 0.3) is 10.9 Å². The van der Waals surface area contributed by atoms with E-state index < -0.39 is 23.4 Å². The standard InChI is InChI=1S/C27H28N6O3S/c1-15-7-10-18(11-8-15)33(26(36)23-20(28)21(24(29)34)32-37-23)22(25(35)31-27(2,3)4)17-9-12-19-16(14-17)6-5-13-30-19/h5-14,22H,28H2,1-4H3,(H2,29,34)(H,31,35)/t22-/m1/s1. The average molecular weight is 517 g/mol. The van der Waals surface area contributed by atoms with Gasteiger partial charge in [-0.2, -0.15) is 4.37 Å². The molecular formula is C27H28N6O3S. The van der Waals surface area contributed by atoms with E-state index in [-0.39, 0.29) is 22.2 Å². The van der Waals surface area contributed by atoms with E-state index in [0.717, 1.165) is 28.0 Å². The number of carbonyl (C=O) groups excluding carboxylic acids is 3. The van der Waals surface area contributed by atoms with Crippen molar-refractivity contribution in [1.82, 2.24) is 14.7 Å². The summed E-state index contributed by atoms with van der Waals surface area (Å²) in [5, 5.41) is 3.82. The van der Waals surface area contributed by atoms with Gasteiger partial charge in [-0.25, -0.2) is 0 Å². The zero-order valence-corrected chi connectivity index (χ0v) is 21.8. The smallest absolute Gasteiger partial charge is 0.273 e. The molecule has 4 rings (SSSR count). The van der Waals surface area contributed by atoms with E-state index in [4.69, 9.17) is 11.5 Å². The zero-order chi connectivity index (χ0) is 26.9. The highest BCUT2D eigenvalue weighted by molar-refractivity contribution is 7.09. The lowest BCUT2D eigenvalue weighted by atomic mass is 9.98. The number of amides is 3. The summed E-state index contributed by atoms with van der Waals surface area (Å²) in [7, 11) is 0. The lowest BCUT2D eigenvalue weighted by molar-refractivity contribution is -0.123. The van der Waals surface area contributed by atoms with E-state index in [1.165, 1.54) is 4.90 Å². The summed E-state index contributed by atoms with van der Waals surface area (Å²) in [5.74, 6) is -1.80. The Morgan fingerprint density at radius 1 is 1.05 bits per heavy atom. The first-order chi connectivity index (χ1) is 17.5. The van der Waals surface area contributed by atoms with Crippen molar-refractivity contribution in [3.63, 3.8) is 0 Å². The summed E-state index contributed by atoms with van der Waals surface area (Å²) in [6.45, 7) is 7.52. The fourth-order valence-corrected chi connectivity index (χ4v) is 4.69. The Hall–Kier alpha value is -4.31. The minimum atomic E-state index is -1.07. The van der Waals surface area contributed by atoms with Crippen molar-refractivity contribution in [1.29, 1.82) is 0 Å². The highest BCUT2D eigenvalue weighted by atomic mass is 32.1. The number of carbonyl (C=O) groups is 3. The molecular weight excluding hydrogens is 488 g/mol. The van der Waals surface area contributed by atoms with Gasteiger partial charge < -0.3 is 16.8 Å². The molecule has 3 amide bonds. The Morgan fingerprint density at radius 3 is 2.38 bits per heavy atom. The second kappa shape index (κ2) is 9.98. The van der Waals surface area contributed by atoms with Crippen LogP contribution < -0.4 is 21.7 Å². The maximum absolute atomic E-state index is 14.1. The Balaban J connectivity index is 1.94. The highest BCUT2D eigenvalue weighted by Crippen LogP contribution is 2.34. The van der Waals surface area contributed by atoms with Gasteiger partial charge in [0.2, 0.25) is 5.91 Å². The normalized spacial score (nSPS) is 12.2. The number of aromatic nitrogens is 2. The van der Waals surface area contributed by atoms with Crippen LogP contribution in [0.1, 0.15) is 58.1 Å². The number of fused-ring (bicyclic) bond motifs is 1. The molecule has 0 saturated carbocycles. The number of hydrogen-bond donors (Lipinski definition) is 3. The van der Waals surface area contributed by atoms with E-state index in [1.807, 2.05) is 64.1 Å². The number of pyridine rings is 1. The molecule has 0 unspecified atom stereocenters. The average Bonchev–Trinajstić information content (AvgIpc) is 3.23. The molecule has 0 spiro atoms. The Labute approximate surface area is 218 Å². The number of benzene rings is 2. The van der Waals surface area contributed by atoms with Gasteiger partial charge in [0.05, 0.1) is 11.2 Å². The van der Waals surface area contributed by atoms with E-state index >= 15 is 0 Å². The minimum absolute atomic E-state index is 0.0189. The zero-order valence-electron chi connectivity index (χ0n) is 21.0. The van der Waals surface area contributed by atoms with E-state index in [2.05, 4.69) is 14.7 Å². The van der Waals surface area contributed by atoms with Gasteiger partial charge in [-0.15, -0.1) is 0 Å². The van der Waals surface area contributed by atoms with Crippen molar-refractivity contribution in [2.45, 2.75) is 39.3 Å². The molecule has 0 aliphatic carbocycles. The van der Waals surface area contributed by atoms with Gasteiger partial charge in [-0.1, -0.05) is 29.8 Å². The maximum Gasteiger partial charge on any atom is 0.273 e. The Bertz CT molecular complexity index is 1490. The molecule has 2 aromatic heterocycles. The summed E-state index contributed by atoms with van der Waals surface area (Å²) < 4.78 is 3.99. The fraction of sp³-hybridized carbons (Fsp3) is 0.222. The van der Waals surface area contributed by atoms with Crippen LogP contribution in [-0.4, -0.2) is 32.6 Å². The van der Waals surface area contributed by atoms with Crippen LogP contribution in [-0.2, 0) is 4.79 Å². The number of hydrogen-bond acceptors (Lipinski definition) is 7. The van der Waals surface area contributed by atoms with Crippen LogP contribution in [0.5, 0.6) is 0 Å². The first kappa shape index (κ1) is 25.8. The fourth-order valence-electron chi connectivity index (χ4n) is 3.95. The molecule has 1 atom stereocenters. The largest absolute Gasteiger partial charge is 0.395 e. The first-order valence-corrected chi connectivity index (χ1v) is 12.4. The first-order valence-electron chi connectivity index (χ1n) is 11.6. The quantitative estimate of drug-likeness (QED) is 0.353. The number of nitrogen functional groups attached to an aromatic ring is 1. The molecule has 0 saturated heterocycles. The van der Waals surface area contributed by atoms with Gasteiger partial charge >= 0.3 is 0 Å². The molecule has 2 heterocycles. The van der Waals surface area contributed by atoms with E-state index in [1.54, 1.807) is 24.4 Å². The number of nitrogens with one attached hydrogen (secondary N) is 1. The molecule has 0 aliphatic heterocycles. The lowest BCUT2D eigenvalue weighted by Gasteiger charge is -2.33. The van der Waals surface area contributed by atoms with Gasteiger partial charge in [-0.3, -0.25) is 24.3 Å². The third-order valence-corrected chi connectivity index (χ3v) is 6.49. The third-order valence-electron chi connectivity index (χ3n) is 5.63. The number of anilines is 2. The number of primary amides is 1. The topological polar surface area (TPSA) is 144 Å². The van der Waals surface area contributed by atoms with Crippen LogP contribution in [0, 0.1) is 6.92 Å². The van der Waals surface area contributed by atoms with Crippen molar-refractivity contribution < 1.29 is 14.4 Å². The van der Waals surface area contributed by atoms with Crippen molar-refractivity contribution in [3.05, 3.63) is 82.5 Å². The number of aryl methyl sites for hydroxylation is 1. The summed E-state index contributed by atoms with van der Waals surface area (Å²) in [5.41, 5.74) is 13.4. The van der Waals surface area contributed by atoms with Crippen molar-refractivity contribution in [2.24, 2.45) is 5.73 Å². The Morgan fingerprint density at radius 2 is 1.76 bits per heavy atom. The Kier molecular flexibility index (Phi) is 6.95. The van der Waals surface area contributed by atoms with Gasteiger partial charge in [0.25, 0.3) is 11.8 Å². The molecule has 4 aromatic rings. The molecule has 0 fully saturated rings. The van der Waals surface area contributed by atoms with Crippen molar-refractivity contribution in [3.8, 4) is 0 Å². The van der Waals surface area contributed by atoms with E-state index in [0.29, 0.717) is 11.3 Å². The van der Waals surface area contributed by atoms with Crippen LogP contribution in [0.15, 0.2) is 60.8 Å². The summed E-state index contributed by atoms with van der Waals surface area (Å²) >= 11 is 0.770. The van der Waals surface area contributed by atoms with Gasteiger partial charge in [0.15, 0.2) is 5.69 Å². The van der Waals surface area contributed by atoms with Crippen LogP contribution >= 0.6 is 11.5 Å². The molecule has 37 heavy (non-hydrogen) atoms. The van der Waals surface area contributed by atoms with Gasteiger partial charge in [-0.05, 0) is 75.1 Å². The second-order valence-electron chi connectivity index (χ2n) is 9.75. The summed E-state index contributed by atoms with van der Waals surface area (Å²) in [4.78, 5) is 45.5. The summed E-state index contributed by atoms with van der Waals surface area (Å²) in [6.07, 6.45) is 1.69. The molecule has 10 heteroatoms. The molecule has 2 aromatic carbocycles. The van der Waals surface area contributed by atoms with Crippen LogP contribution in [0.3, 0.4) is 0 Å². The minimum Gasteiger partial charge on any atom is -0.395 e. The van der Waals surface area contributed by atoms with E-state index in [9.17, 15) is 14.4 Å². The number of nitrogens with two attached hydrogens (primary N) is 2. The van der Waals surface area contributed by atoms with Gasteiger partial charge in [0.1, 0.15) is 10.9 Å². The molecule has 0 radical (unpaired) electrons. The highest BCUT2D eigenvalue weighted by Gasteiger charge is 2.37. The SMILES string of the molecule is Cc1ccc(N(C(=O)c2snc(C(N)=O)c2N)[C@@H](C(=O)NC(C)(C)C)c2ccc3ncccc3c2)cc1. The van der Waals surface area contributed by atoms with Crippen molar-refractivity contribution in [2.75, 3.05) is 10.6 Å². The summed E-state index contributed by atoms with van der Waals surface area (Å²) in [6, 6.07) is 15.3. The third kappa shape index (κ3) is 5.44. The molecule has 190 valence electrons. The van der Waals surface area contributed by atoms with Gasteiger partial charge in [0, 0.05) is 22.8 Å². The molecule has 9 nitrogen and oxygen atoms in total. The van der Waals surface area contributed by atoms with Crippen LogP contribution in [0.2, 0.25) is 0 Å². The molecule has 5 N–H and O–H groups in total. The van der Waals surface area contributed by atoms with Crippen molar-refractivity contribution >= 4 is 51.5 Å². The number of rotatable bonds is 6. The van der Waals surface area contributed by atoms with Crippen LogP contribution in [0.4, 0.5) is 11.4 Å². The monoisotopic (exact) mass is 516 g/mol. The molecule has 0 aliphatic rings. The lowest BCUT2D eigenvalue weighted by Crippen LogP contribution is -2.49. The predicted octanol–water partition coefficient (Wildman–Crippen LogP) is 3.98. The molecule has 0 bridgehead atoms. The predicted molar refractivity (Wildman–Crippen MR) is 145 cm³/mol. The second-order valence-corrected chi connectivity index (χ2v) is 10.5. The maximum atomic E-state index is 14.1. The number of nitrogens with zero attached hydrogens (tertiary/aromatic N) is 3.